The molecular formula is C14H17BrFNO3. The van der Waals surface area contributed by atoms with Crippen molar-refractivity contribution >= 4 is 27.5 Å². The second-order valence-corrected chi connectivity index (χ2v) is 5.64. The predicted octanol–water partition coefficient (Wildman–Crippen LogP) is 3.11. The monoisotopic (exact) mass is 345 g/mol. The van der Waals surface area contributed by atoms with Gasteiger partial charge in [-0.2, -0.15) is 0 Å². The Morgan fingerprint density at radius 3 is 3.15 bits per heavy atom. The Kier molecular flexibility index (Phi) is 5.51. The first-order valence-electron chi connectivity index (χ1n) is 6.55. The fourth-order valence-corrected chi connectivity index (χ4v) is 2.29. The molecule has 0 aliphatic carbocycles. The summed E-state index contributed by atoms with van der Waals surface area (Å²) >= 11 is 3.23. The summed E-state index contributed by atoms with van der Waals surface area (Å²) in [5.41, 5.74) is 0.136. The van der Waals surface area contributed by atoms with E-state index in [0.29, 0.717) is 11.1 Å². The molecule has 4 nitrogen and oxygen atoms in total. The highest BCUT2D eigenvalue weighted by atomic mass is 79.9. The Labute approximate surface area is 125 Å². The smallest absolute Gasteiger partial charge is 0.253 e. The standard InChI is InChI=1S/C14H17BrFNO3/c1-9(20-8-11-3-2-6-19-11)14(18)17-13-7-10(15)4-5-12(13)16/h4-5,7,9,11H,2-3,6,8H2,1H3,(H,17,18)/t9-,11+/m0/s1. The van der Waals surface area contributed by atoms with Gasteiger partial charge in [-0.1, -0.05) is 15.9 Å². The average molecular weight is 346 g/mol. The quantitative estimate of drug-likeness (QED) is 0.891. The van der Waals surface area contributed by atoms with Gasteiger partial charge in [0.25, 0.3) is 5.91 Å². The van der Waals surface area contributed by atoms with Crippen molar-refractivity contribution in [3.63, 3.8) is 0 Å². The number of hydrogen-bond donors (Lipinski definition) is 1. The number of hydrogen-bond acceptors (Lipinski definition) is 3. The fraction of sp³-hybridized carbons (Fsp3) is 0.500. The molecule has 1 saturated heterocycles. The molecule has 2 rings (SSSR count). The molecule has 110 valence electrons. The molecule has 0 aromatic heterocycles. The van der Waals surface area contributed by atoms with Crippen molar-refractivity contribution in [1.82, 2.24) is 0 Å². The summed E-state index contributed by atoms with van der Waals surface area (Å²) in [5.74, 6) is -0.854. The summed E-state index contributed by atoms with van der Waals surface area (Å²) in [6.07, 6.45) is 1.39. The average Bonchev–Trinajstić information content (AvgIpc) is 2.93. The van der Waals surface area contributed by atoms with Crippen molar-refractivity contribution in [2.24, 2.45) is 0 Å². The molecule has 1 fully saturated rings. The number of nitrogens with one attached hydrogen (secondary N) is 1. The number of halogens is 2. The number of ether oxygens (including phenoxy) is 2. The summed E-state index contributed by atoms with van der Waals surface area (Å²) in [6, 6.07) is 4.37. The fourth-order valence-electron chi connectivity index (χ4n) is 1.93. The van der Waals surface area contributed by atoms with Crippen molar-refractivity contribution in [2.45, 2.75) is 32.0 Å². The summed E-state index contributed by atoms with van der Waals surface area (Å²) in [7, 11) is 0. The molecule has 1 amide bonds. The molecule has 0 saturated carbocycles. The zero-order valence-corrected chi connectivity index (χ0v) is 12.8. The van der Waals surface area contributed by atoms with Crippen LogP contribution in [0.5, 0.6) is 0 Å². The van der Waals surface area contributed by atoms with Gasteiger partial charge in [0, 0.05) is 11.1 Å². The van der Waals surface area contributed by atoms with Gasteiger partial charge in [0.2, 0.25) is 0 Å². The highest BCUT2D eigenvalue weighted by Crippen LogP contribution is 2.20. The summed E-state index contributed by atoms with van der Waals surface area (Å²) in [5, 5.41) is 2.52. The van der Waals surface area contributed by atoms with Crippen LogP contribution in [0.15, 0.2) is 22.7 Å². The third kappa shape index (κ3) is 4.26. The number of benzene rings is 1. The van der Waals surface area contributed by atoms with Crippen LogP contribution in [-0.2, 0) is 14.3 Å². The van der Waals surface area contributed by atoms with Gasteiger partial charge < -0.3 is 14.8 Å². The van der Waals surface area contributed by atoms with Gasteiger partial charge in [-0.15, -0.1) is 0 Å². The maximum absolute atomic E-state index is 13.5. The van der Waals surface area contributed by atoms with Crippen molar-refractivity contribution < 1.29 is 18.7 Å². The largest absolute Gasteiger partial charge is 0.376 e. The summed E-state index contributed by atoms with van der Waals surface area (Å²) in [4.78, 5) is 11.9. The van der Waals surface area contributed by atoms with Crippen LogP contribution in [0.4, 0.5) is 10.1 Å². The normalized spacial score (nSPS) is 19.9. The molecule has 0 spiro atoms. The minimum absolute atomic E-state index is 0.0628. The molecule has 0 bridgehead atoms. The summed E-state index contributed by atoms with van der Waals surface area (Å²) in [6.45, 7) is 2.77. The van der Waals surface area contributed by atoms with Gasteiger partial charge in [-0.3, -0.25) is 4.79 Å². The third-order valence-corrected chi connectivity index (χ3v) is 3.60. The highest BCUT2D eigenvalue weighted by Gasteiger charge is 2.20. The zero-order chi connectivity index (χ0) is 14.5. The van der Waals surface area contributed by atoms with Crippen LogP contribution in [0, 0.1) is 5.82 Å². The lowest BCUT2D eigenvalue weighted by molar-refractivity contribution is -0.128. The lowest BCUT2D eigenvalue weighted by Crippen LogP contribution is -2.30. The van der Waals surface area contributed by atoms with Crippen molar-refractivity contribution in [2.75, 3.05) is 18.5 Å². The second kappa shape index (κ2) is 7.15. The molecule has 20 heavy (non-hydrogen) atoms. The molecule has 1 aromatic carbocycles. The molecule has 6 heteroatoms. The van der Waals surface area contributed by atoms with Gasteiger partial charge in [-0.25, -0.2) is 4.39 Å². The van der Waals surface area contributed by atoms with Crippen LogP contribution in [0.2, 0.25) is 0 Å². The maximum atomic E-state index is 13.5. The maximum Gasteiger partial charge on any atom is 0.253 e. The Morgan fingerprint density at radius 1 is 1.65 bits per heavy atom. The molecule has 1 N–H and O–H groups in total. The topological polar surface area (TPSA) is 47.6 Å². The number of carbonyl (C=O) groups is 1. The van der Waals surface area contributed by atoms with E-state index in [0.717, 1.165) is 19.4 Å². The molecule has 0 unspecified atom stereocenters. The van der Waals surface area contributed by atoms with E-state index in [1.807, 2.05) is 0 Å². The van der Waals surface area contributed by atoms with E-state index in [4.69, 9.17) is 9.47 Å². The first-order valence-corrected chi connectivity index (χ1v) is 7.34. The van der Waals surface area contributed by atoms with Gasteiger partial charge in [0.05, 0.1) is 18.4 Å². The van der Waals surface area contributed by atoms with Crippen LogP contribution in [-0.4, -0.2) is 31.3 Å². The Balaban J connectivity index is 1.85. The van der Waals surface area contributed by atoms with E-state index in [-0.39, 0.29) is 17.7 Å². The lowest BCUT2D eigenvalue weighted by Gasteiger charge is -2.16. The molecule has 0 radical (unpaired) electrons. The van der Waals surface area contributed by atoms with Crippen LogP contribution in [0.25, 0.3) is 0 Å². The van der Waals surface area contributed by atoms with Crippen LogP contribution < -0.4 is 5.32 Å². The SMILES string of the molecule is C[C@H](OC[C@H]1CCCO1)C(=O)Nc1cc(Br)ccc1F. The molecule has 1 aromatic rings. The van der Waals surface area contributed by atoms with Gasteiger partial charge in [0.15, 0.2) is 0 Å². The molecule has 1 aliphatic rings. The Hall–Kier alpha value is -0.980. The molecular weight excluding hydrogens is 329 g/mol. The van der Waals surface area contributed by atoms with Gasteiger partial charge >= 0.3 is 0 Å². The second-order valence-electron chi connectivity index (χ2n) is 4.72. The van der Waals surface area contributed by atoms with Crippen molar-refractivity contribution in [3.05, 3.63) is 28.5 Å². The summed E-state index contributed by atoms with van der Waals surface area (Å²) < 4.78 is 25.1. The van der Waals surface area contributed by atoms with Gasteiger partial charge in [-0.05, 0) is 38.0 Å². The van der Waals surface area contributed by atoms with E-state index < -0.39 is 11.9 Å². The highest BCUT2D eigenvalue weighted by molar-refractivity contribution is 9.10. The minimum atomic E-state index is -0.655. The Morgan fingerprint density at radius 2 is 2.45 bits per heavy atom. The lowest BCUT2D eigenvalue weighted by atomic mass is 10.2. The third-order valence-electron chi connectivity index (χ3n) is 3.11. The van der Waals surface area contributed by atoms with Crippen molar-refractivity contribution in [1.29, 1.82) is 0 Å². The first kappa shape index (κ1) is 15.4. The van der Waals surface area contributed by atoms with E-state index in [1.54, 1.807) is 13.0 Å². The van der Waals surface area contributed by atoms with Crippen LogP contribution in [0.1, 0.15) is 19.8 Å². The first-order chi connectivity index (χ1) is 9.56. The molecule has 1 aliphatic heterocycles. The molecule has 2 atom stereocenters. The minimum Gasteiger partial charge on any atom is -0.376 e. The number of anilines is 1. The Bertz CT molecular complexity index is 477. The predicted molar refractivity (Wildman–Crippen MR) is 77.1 cm³/mol. The number of rotatable bonds is 5. The van der Waals surface area contributed by atoms with Crippen molar-refractivity contribution in [3.8, 4) is 0 Å². The number of amides is 1. The molecule has 1 heterocycles. The zero-order valence-electron chi connectivity index (χ0n) is 11.2. The van der Waals surface area contributed by atoms with Gasteiger partial charge in [0.1, 0.15) is 11.9 Å². The number of carbonyl (C=O) groups excluding carboxylic acids is 1. The van der Waals surface area contributed by atoms with Crippen LogP contribution >= 0.6 is 15.9 Å². The van der Waals surface area contributed by atoms with E-state index >= 15 is 0 Å². The van der Waals surface area contributed by atoms with E-state index in [9.17, 15) is 9.18 Å². The van der Waals surface area contributed by atoms with E-state index in [1.165, 1.54) is 12.1 Å². The van der Waals surface area contributed by atoms with E-state index in [2.05, 4.69) is 21.2 Å². The van der Waals surface area contributed by atoms with Crippen LogP contribution in [0.3, 0.4) is 0 Å².